The molecular formula is C13H17BrN2O3. The number of hydrogen-bond acceptors (Lipinski definition) is 4. The molecule has 1 saturated heterocycles. The minimum Gasteiger partial charge on any atom is -0.377 e. The van der Waals surface area contributed by atoms with Crippen molar-refractivity contribution in [1.29, 1.82) is 0 Å². The highest BCUT2D eigenvalue weighted by Crippen LogP contribution is 2.23. The van der Waals surface area contributed by atoms with Gasteiger partial charge in [-0.05, 0) is 31.9 Å². The van der Waals surface area contributed by atoms with Crippen molar-refractivity contribution >= 4 is 21.6 Å². The van der Waals surface area contributed by atoms with Gasteiger partial charge in [-0.15, -0.1) is 0 Å². The Morgan fingerprint density at radius 1 is 1.63 bits per heavy atom. The molecule has 2 atom stereocenters. The predicted octanol–water partition coefficient (Wildman–Crippen LogP) is 3.01. The summed E-state index contributed by atoms with van der Waals surface area (Å²) in [4.78, 5) is 10.6. The van der Waals surface area contributed by atoms with E-state index in [0.29, 0.717) is 12.1 Å². The molecule has 0 aliphatic carbocycles. The first-order chi connectivity index (χ1) is 9.08. The van der Waals surface area contributed by atoms with Crippen molar-refractivity contribution < 1.29 is 9.66 Å². The first-order valence-electron chi connectivity index (χ1n) is 6.35. The number of nitrogens with one attached hydrogen (secondary N) is 1. The standard InChI is InChI=1S/C13H17BrN2O3/c1-9(13-3-2-6-19-13)15-8-10-7-11(14)4-5-12(10)16(17)18/h4-5,7,9,13,15H,2-3,6,8H2,1H3. The Bertz CT molecular complexity index is 461. The van der Waals surface area contributed by atoms with Crippen LogP contribution in [0.1, 0.15) is 25.3 Å². The molecule has 1 aliphatic heterocycles. The topological polar surface area (TPSA) is 64.4 Å². The third-order valence-electron chi connectivity index (χ3n) is 3.38. The normalized spacial score (nSPS) is 20.4. The zero-order chi connectivity index (χ0) is 13.8. The maximum Gasteiger partial charge on any atom is 0.273 e. The fraction of sp³-hybridized carbons (Fsp3) is 0.538. The summed E-state index contributed by atoms with van der Waals surface area (Å²) >= 11 is 3.34. The maximum atomic E-state index is 11.0. The third-order valence-corrected chi connectivity index (χ3v) is 3.87. The van der Waals surface area contributed by atoms with E-state index in [1.54, 1.807) is 12.1 Å². The van der Waals surface area contributed by atoms with Gasteiger partial charge < -0.3 is 10.1 Å². The Kier molecular flexibility index (Phi) is 4.90. The monoisotopic (exact) mass is 328 g/mol. The highest BCUT2D eigenvalue weighted by Gasteiger charge is 2.22. The molecule has 1 aromatic rings. The maximum absolute atomic E-state index is 11.0. The Hall–Kier alpha value is -0.980. The number of nitrogens with zero attached hydrogens (tertiary/aromatic N) is 1. The molecule has 0 radical (unpaired) electrons. The summed E-state index contributed by atoms with van der Waals surface area (Å²) in [5.41, 5.74) is 0.833. The summed E-state index contributed by atoms with van der Waals surface area (Å²) < 4.78 is 6.45. The van der Waals surface area contributed by atoms with Crippen LogP contribution in [0.25, 0.3) is 0 Å². The second-order valence-electron chi connectivity index (χ2n) is 4.75. The van der Waals surface area contributed by atoms with Gasteiger partial charge in [0.1, 0.15) is 0 Å². The fourth-order valence-corrected chi connectivity index (χ4v) is 2.68. The number of rotatable bonds is 5. The summed E-state index contributed by atoms with van der Waals surface area (Å²) in [6.45, 7) is 3.34. The van der Waals surface area contributed by atoms with Gasteiger partial charge in [-0.3, -0.25) is 10.1 Å². The molecule has 104 valence electrons. The molecule has 1 aliphatic rings. The van der Waals surface area contributed by atoms with Crippen molar-refractivity contribution in [1.82, 2.24) is 5.32 Å². The molecule has 6 heteroatoms. The van der Waals surface area contributed by atoms with Crippen LogP contribution in [-0.4, -0.2) is 23.7 Å². The van der Waals surface area contributed by atoms with Gasteiger partial charge in [-0.2, -0.15) is 0 Å². The number of ether oxygens (including phenoxy) is 1. The number of benzene rings is 1. The first-order valence-corrected chi connectivity index (χ1v) is 7.15. The Morgan fingerprint density at radius 3 is 3.05 bits per heavy atom. The van der Waals surface area contributed by atoms with Crippen LogP contribution in [-0.2, 0) is 11.3 Å². The van der Waals surface area contributed by atoms with Crippen molar-refractivity contribution in [2.45, 2.75) is 38.5 Å². The van der Waals surface area contributed by atoms with Crippen molar-refractivity contribution in [3.05, 3.63) is 38.3 Å². The lowest BCUT2D eigenvalue weighted by Gasteiger charge is -2.20. The van der Waals surface area contributed by atoms with Crippen molar-refractivity contribution in [3.63, 3.8) is 0 Å². The van der Waals surface area contributed by atoms with Crippen LogP contribution in [0, 0.1) is 10.1 Å². The second kappa shape index (κ2) is 6.45. The van der Waals surface area contributed by atoms with Crippen LogP contribution < -0.4 is 5.32 Å². The SMILES string of the molecule is CC(NCc1cc(Br)ccc1[N+](=O)[O-])C1CCCO1. The van der Waals surface area contributed by atoms with Crippen LogP contribution >= 0.6 is 15.9 Å². The van der Waals surface area contributed by atoms with Crippen LogP contribution in [0.5, 0.6) is 0 Å². The number of halogens is 1. The smallest absolute Gasteiger partial charge is 0.273 e. The summed E-state index contributed by atoms with van der Waals surface area (Å²) in [6.07, 6.45) is 2.36. The summed E-state index contributed by atoms with van der Waals surface area (Å²) in [6, 6.07) is 5.19. The van der Waals surface area contributed by atoms with Gasteiger partial charge in [0.15, 0.2) is 0 Å². The quantitative estimate of drug-likeness (QED) is 0.666. The van der Waals surface area contributed by atoms with Gasteiger partial charge in [-0.25, -0.2) is 0 Å². The number of hydrogen-bond donors (Lipinski definition) is 1. The summed E-state index contributed by atoms with van der Waals surface area (Å²) in [5, 5.41) is 14.3. The van der Waals surface area contributed by atoms with E-state index in [-0.39, 0.29) is 22.8 Å². The minimum atomic E-state index is -0.347. The molecule has 5 nitrogen and oxygen atoms in total. The van der Waals surface area contributed by atoms with E-state index in [0.717, 1.165) is 23.9 Å². The van der Waals surface area contributed by atoms with E-state index in [1.807, 2.05) is 0 Å². The molecule has 1 fully saturated rings. The summed E-state index contributed by atoms with van der Waals surface area (Å²) in [5.74, 6) is 0. The van der Waals surface area contributed by atoms with Crippen LogP contribution in [0.4, 0.5) is 5.69 Å². The van der Waals surface area contributed by atoms with E-state index >= 15 is 0 Å². The zero-order valence-corrected chi connectivity index (χ0v) is 12.4. The van der Waals surface area contributed by atoms with Crippen LogP contribution in [0.2, 0.25) is 0 Å². The molecule has 2 rings (SSSR count). The summed E-state index contributed by atoms with van der Waals surface area (Å²) in [7, 11) is 0. The molecular weight excluding hydrogens is 312 g/mol. The average Bonchev–Trinajstić information content (AvgIpc) is 2.89. The van der Waals surface area contributed by atoms with Crippen LogP contribution in [0.3, 0.4) is 0 Å². The minimum absolute atomic E-state index is 0.148. The van der Waals surface area contributed by atoms with Crippen LogP contribution in [0.15, 0.2) is 22.7 Å². The highest BCUT2D eigenvalue weighted by molar-refractivity contribution is 9.10. The fourth-order valence-electron chi connectivity index (χ4n) is 2.27. The molecule has 1 aromatic carbocycles. The Labute approximate surface area is 120 Å². The highest BCUT2D eigenvalue weighted by atomic mass is 79.9. The Morgan fingerprint density at radius 2 is 2.42 bits per heavy atom. The van der Waals surface area contributed by atoms with Crippen molar-refractivity contribution in [3.8, 4) is 0 Å². The largest absolute Gasteiger partial charge is 0.377 e. The van der Waals surface area contributed by atoms with Gasteiger partial charge in [0.05, 0.1) is 11.0 Å². The van der Waals surface area contributed by atoms with E-state index in [4.69, 9.17) is 4.74 Å². The van der Waals surface area contributed by atoms with Gasteiger partial charge in [-0.1, -0.05) is 15.9 Å². The van der Waals surface area contributed by atoms with Gasteiger partial charge in [0, 0.05) is 35.3 Å². The average molecular weight is 329 g/mol. The van der Waals surface area contributed by atoms with Crippen molar-refractivity contribution in [2.75, 3.05) is 6.61 Å². The van der Waals surface area contributed by atoms with Gasteiger partial charge in [0.25, 0.3) is 5.69 Å². The molecule has 1 N–H and O–H groups in total. The molecule has 2 unspecified atom stereocenters. The molecule has 0 aromatic heterocycles. The van der Waals surface area contributed by atoms with Gasteiger partial charge >= 0.3 is 0 Å². The lowest BCUT2D eigenvalue weighted by Crippen LogP contribution is -2.36. The van der Waals surface area contributed by atoms with E-state index in [2.05, 4.69) is 28.2 Å². The van der Waals surface area contributed by atoms with E-state index < -0.39 is 0 Å². The zero-order valence-electron chi connectivity index (χ0n) is 10.8. The number of nitro groups is 1. The molecule has 1 heterocycles. The molecule has 0 bridgehead atoms. The third kappa shape index (κ3) is 3.75. The molecule has 0 amide bonds. The number of nitro benzene ring substituents is 1. The Balaban J connectivity index is 2.01. The first kappa shape index (κ1) is 14.4. The van der Waals surface area contributed by atoms with Gasteiger partial charge in [0.2, 0.25) is 0 Å². The molecule has 19 heavy (non-hydrogen) atoms. The lowest BCUT2D eigenvalue weighted by molar-refractivity contribution is -0.385. The predicted molar refractivity (Wildman–Crippen MR) is 76.1 cm³/mol. The second-order valence-corrected chi connectivity index (χ2v) is 5.67. The van der Waals surface area contributed by atoms with E-state index in [1.165, 1.54) is 6.07 Å². The molecule has 0 spiro atoms. The van der Waals surface area contributed by atoms with E-state index in [9.17, 15) is 10.1 Å². The lowest BCUT2D eigenvalue weighted by atomic mass is 10.1. The molecule has 0 saturated carbocycles. The van der Waals surface area contributed by atoms with Crippen molar-refractivity contribution in [2.24, 2.45) is 0 Å².